The van der Waals surface area contributed by atoms with Gasteiger partial charge in [0.2, 0.25) is 11.8 Å². The third-order valence-corrected chi connectivity index (χ3v) is 2.47. The molecule has 0 bridgehead atoms. The van der Waals surface area contributed by atoms with Crippen LogP contribution in [0.1, 0.15) is 12.8 Å². The molecule has 1 atom stereocenters. The molecule has 5 nitrogen and oxygen atoms in total. The Hall–Kier alpha value is -2.04. The van der Waals surface area contributed by atoms with E-state index in [-0.39, 0.29) is 17.9 Å². The third-order valence-electron chi connectivity index (χ3n) is 2.47. The molecule has 1 aromatic carbocycles. The summed E-state index contributed by atoms with van der Waals surface area (Å²) in [6.07, 6.45) is 0.880. The number of amides is 2. The summed E-state index contributed by atoms with van der Waals surface area (Å²) < 4.78 is 0. The van der Waals surface area contributed by atoms with Crippen molar-refractivity contribution in [3.05, 3.63) is 24.3 Å². The van der Waals surface area contributed by atoms with E-state index in [9.17, 15) is 9.59 Å². The molecule has 4 N–H and O–H groups in total. The number of hydrogen-bond donors (Lipinski definition) is 3. The van der Waals surface area contributed by atoms with Crippen molar-refractivity contribution in [1.29, 1.82) is 0 Å². The molecule has 1 aliphatic rings. The van der Waals surface area contributed by atoms with Crippen LogP contribution in [-0.4, -0.2) is 17.9 Å². The lowest BCUT2D eigenvalue weighted by atomic mass is 10.1. The molecule has 1 fully saturated rings. The second-order valence-electron chi connectivity index (χ2n) is 3.77. The molecule has 1 saturated heterocycles. The summed E-state index contributed by atoms with van der Waals surface area (Å²) in [6.45, 7) is 0. The lowest BCUT2D eigenvalue weighted by Crippen LogP contribution is -2.47. The van der Waals surface area contributed by atoms with Crippen molar-refractivity contribution in [1.82, 2.24) is 5.32 Å². The topological polar surface area (TPSA) is 84.2 Å². The number of anilines is 2. The van der Waals surface area contributed by atoms with E-state index in [4.69, 9.17) is 5.73 Å². The predicted octanol–water partition coefficient (Wildman–Crippen LogP) is 0.486. The van der Waals surface area contributed by atoms with Crippen LogP contribution in [0.3, 0.4) is 0 Å². The Labute approximate surface area is 93.0 Å². The number of benzene rings is 1. The van der Waals surface area contributed by atoms with E-state index < -0.39 is 0 Å². The van der Waals surface area contributed by atoms with E-state index in [0.717, 1.165) is 5.69 Å². The minimum Gasteiger partial charge on any atom is -0.399 e. The van der Waals surface area contributed by atoms with Crippen LogP contribution in [0.4, 0.5) is 11.4 Å². The number of rotatable bonds is 2. The summed E-state index contributed by atoms with van der Waals surface area (Å²) in [5.74, 6) is -0.491. The molecule has 1 heterocycles. The van der Waals surface area contributed by atoms with Gasteiger partial charge in [0.05, 0.1) is 0 Å². The molecule has 16 heavy (non-hydrogen) atoms. The zero-order chi connectivity index (χ0) is 11.5. The number of hydrogen-bond acceptors (Lipinski definition) is 4. The molecule has 1 aliphatic heterocycles. The summed E-state index contributed by atoms with van der Waals surface area (Å²) in [6, 6.07) is 6.81. The van der Waals surface area contributed by atoms with Crippen molar-refractivity contribution in [3.8, 4) is 0 Å². The average molecular weight is 219 g/mol. The normalized spacial score (nSPS) is 20.4. The Morgan fingerprint density at radius 1 is 1.38 bits per heavy atom. The van der Waals surface area contributed by atoms with Crippen LogP contribution < -0.4 is 16.4 Å². The van der Waals surface area contributed by atoms with Gasteiger partial charge in [0.1, 0.15) is 6.04 Å². The van der Waals surface area contributed by atoms with Crippen LogP contribution in [0.5, 0.6) is 0 Å². The highest BCUT2D eigenvalue weighted by molar-refractivity contribution is 6.01. The standard InChI is InChI=1S/C11H13N3O2/c12-7-2-1-3-8(6-7)13-9-4-5-10(15)14-11(9)16/h1-3,6,9,13H,4-5,12H2,(H,14,15,16)/t9-/m1/s1. The molecular formula is C11H13N3O2. The molecular weight excluding hydrogens is 206 g/mol. The van der Waals surface area contributed by atoms with Gasteiger partial charge in [-0.15, -0.1) is 0 Å². The molecule has 0 unspecified atom stereocenters. The van der Waals surface area contributed by atoms with Gasteiger partial charge in [0.25, 0.3) is 0 Å². The van der Waals surface area contributed by atoms with Gasteiger partial charge < -0.3 is 11.1 Å². The van der Waals surface area contributed by atoms with Gasteiger partial charge in [0, 0.05) is 17.8 Å². The molecule has 0 aromatic heterocycles. The van der Waals surface area contributed by atoms with Crippen molar-refractivity contribution in [2.75, 3.05) is 11.1 Å². The van der Waals surface area contributed by atoms with Gasteiger partial charge in [-0.1, -0.05) is 6.07 Å². The SMILES string of the molecule is Nc1cccc(N[C@@H]2CCC(=O)NC2=O)c1. The van der Waals surface area contributed by atoms with Crippen molar-refractivity contribution < 1.29 is 9.59 Å². The summed E-state index contributed by atoms with van der Waals surface area (Å²) in [7, 11) is 0. The molecule has 0 radical (unpaired) electrons. The minimum absolute atomic E-state index is 0.212. The fourth-order valence-corrected chi connectivity index (χ4v) is 1.66. The number of imide groups is 1. The highest BCUT2D eigenvalue weighted by Crippen LogP contribution is 2.16. The van der Waals surface area contributed by atoms with E-state index in [1.807, 2.05) is 12.1 Å². The maximum Gasteiger partial charge on any atom is 0.249 e. The number of carbonyl (C=O) groups excluding carboxylic acids is 2. The Morgan fingerprint density at radius 2 is 2.19 bits per heavy atom. The first kappa shape index (κ1) is 10.5. The monoisotopic (exact) mass is 219 g/mol. The van der Waals surface area contributed by atoms with Crippen molar-refractivity contribution >= 4 is 23.2 Å². The zero-order valence-corrected chi connectivity index (χ0v) is 8.69. The van der Waals surface area contributed by atoms with Crippen LogP contribution in [-0.2, 0) is 9.59 Å². The summed E-state index contributed by atoms with van der Waals surface area (Å²) in [5, 5.41) is 5.34. The maximum atomic E-state index is 11.5. The van der Waals surface area contributed by atoms with Crippen LogP contribution in [0.15, 0.2) is 24.3 Å². The average Bonchev–Trinajstić information content (AvgIpc) is 2.22. The lowest BCUT2D eigenvalue weighted by molar-refractivity contribution is -0.133. The number of nitrogen functional groups attached to an aromatic ring is 1. The fourth-order valence-electron chi connectivity index (χ4n) is 1.66. The summed E-state index contributed by atoms with van der Waals surface area (Å²) in [4.78, 5) is 22.4. The van der Waals surface area contributed by atoms with Crippen LogP contribution >= 0.6 is 0 Å². The minimum atomic E-state index is -0.362. The molecule has 0 aliphatic carbocycles. The molecule has 5 heteroatoms. The first-order chi connectivity index (χ1) is 7.65. The molecule has 2 rings (SSSR count). The van der Waals surface area contributed by atoms with Gasteiger partial charge in [-0.25, -0.2) is 0 Å². The Morgan fingerprint density at radius 3 is 2.88 bits per heavy atom. The van der Waals surface area contributed by atoms with Gasteiger partial charge in [0.15, 0.2) is 0 Å². The predicted molar refractivity (Wildman–Crippen MR) is 60.6 cm³/mol. The maximum absolute atomic E-state index is 11.5. The molecule has 84 valence electrons. The first-order valence-corrected chi connectivity index (χ1v) is 5.11. The van der Waals surface area contributed by atoms with Gasteiger partial charge >= 0.3 is 0 Å². The van der Waals surface area contributed by atoms with Gasteiger partial charge in [-0.05, 0) is 24.6 Å². The molecule has 2 amide bonds. The van der Waals surface area contributed by atoms with Crippen molar-refractivity contribution in [3.63, 3.8) is 0 Å². The van der Waals surface area contributed by atoms with Gasteiger partial charge in [-0.2, -0.15) is 0 Å². The van der Waals surface area contributed by atoms with Crippen LogP contribution in [0.2, 0.25) is 0 Å². The second-order valence-corrected chi connectivity index (χ2v) is 3.77. The van der Waals surface area contributed by atoms with E-state index in [2.05, 4.69) is 10.6 Å². The van der Waals surface area contributed by atoms with Crippen molar-refractivity contribution in [2.45, 2.75) is 18.9 Å². The fraction of sp³-hybridized carbons (Fsp3) is 0.273. The Kier molecular flexibility index (Phi) is 2.76. The highest BCUT2D eigenvalue weighted by atomic mass is 16.2. The lowest BCUT2D eigenvalue weighted by Gasteiger charge is -2.22. The van der Waals surface area contributed by atoms with E-state index in [1.165, 1.54) is 0 Å². The number of piperidine rings is 1. The highest BCUT2D eigenvalue weighted by Gasteiger charge is 2.26. The van der Waals surface area contributed by atoms with Crippen molar-refractivity contribution in [2.24, 2.45) is 0 Å². The molecule has 0 saturated carbocycles. The summed E-state index contributed by atoms with van der Waals surface area (Å²) >= 11 is 0. The zero-order valence-electron chi connectivity index (χ0n) is 8.69. The quantitative estimate of drug-likeness (QED) is 0.499. The van der Waals surface area contributed by atoms with E-state index in [1.54, 1.807) is 12.1 Å². The number of nitrogens with one attached hydrogen (secondary N) is 2. The molecule has 0 spiro atoms. The van der Waals surface area contributed by atoms with Crippen LogP contribution in [0.25, 0.3) is 0 Å². The second kappa shape index (κ2) is 4.22. The number of carbonyl (C=O) groups is 2. The first-order valence-electron chi connectivity index (χ1n) is 5.11. The Balaban J connectivity index is 2.05. The largest absolute Gasteiger partial charge is 0.399 e. The smallest absolute Gasteiger partial charge is 0.249 e. The van der Waals surface area contributed by atoms with Crippen LogP contribution in [0, 0.1) is 0 Å². The van der Waals surface area contributed by atoms with E-state index in [0.29, 0.717) is 18.5 Å². The third kappa shape index (κ3) is 2.31. The van der Waals surface area contributed by atoms with E-state index >= 15 is 0 Å². The number of nitrogens with two attached hydrogens (primary N) is 1. The van der Waals surface area contributed by atoms with Gasteiger partial charge in [-0.3, -0.25) is 14.9 Å². The Bertz CT molecular complexity index is 431. The summed E-state index contributed by atoms with van der Waals surface area (Å²) in [5.41, 5.74) is 7.05. The molecule has 1 aromatic rings.